The van der Waals surface area contributed by atoms with Gasteiger partial charge in [0.15, 0.2) is 0 Å². The van der Waals surface area contributed by atoms with Crippen molar-refractivity contribution >= 4 is 5.69 Å². The highest BCUT2D eigenvalue weighted by molar-refractivity contribution is 5.50. The lowest BCUT2D eigenvalue weighted by molar-refractivity contribution is -0.0226. The molecule has 4 heteroatoms. The summed E-state index contributed by atoms with van der Waals surface area (Å²) in [5, 5.41) is 24.7. The van der Waals surface area contributed by atoms with E-state index in [0.717, 1.165) is 49.1 Å². The third-order valence-corrected chi connectivity index (χ3v) is 8.45. The summed E-state index contributed by atoms with van der Waals surface area (Å²) < 4.78 is 5.22. The fourth-order valence-corrected chi connectivity index (χ4v) is 6.68. The molecule has 2 aromatic carbocycles. The summed E-state index contributed by atoms with van der Waals surface area (Å²) in [5.41, 5.74) is 4.85. The fourth-order valence-electron chi connectivity index (χ4n) is 6.68. The molecule has 0 amide bonds. The lowest BCUT2D eigenvalue weighted by atomic mass is 9.55. The number of aliphatic hydroxyl groups excluding tert-OH is 1. The molecule has 0 aromatic heterocycles. The predicted molar refractivity (Wildman–Crippen MR) is 119 cm³/mol. The second-order valence-electron chi connectivity index (χ2n) is 9.81. The third kappa shape index (κ3) is 3.17. The Morgan fingerprint density at radius 2 is 1.90 bits per heavy atom. The Bertz CT molecular complexity index is 925. The number of aryl methyl sites for hydroxylation is 1. The van der Waals surface area contributed by atoms with Crippen molar-refractivity contribution in [1.29, 1.82) is 0 Å². The van der Waals surface area contributed by atoms with Gasteiger partial charge in [-0.3, -0.25) is 0 Å². The van der Waals surface area contributed by atoms with E-state index in [0.29, 0.717) is 30.0 Å². The van der Waals surface area contributed by atoms with E-state index in [9.17, 15) is 10.2 Å². The summed E-state index contributed by atoms with van der Waals surface area (Å²) in [5.74, 6) is 3.10. The Morgan fingerprint density at radius 1 is 1.10 bits per heavy atom. The van der Waals surface area contributed by atoms with Gasteiger partial charge in [-0.25, -0.2) is 0 Å². The van der Waals surface area contributed by atoms with E-state index in [-0.39, 0.29) is 11.5 Å². The lowest BCUT2D eigenvalue weighted by Gasteiger charge is -2.50. The van der Waals surface area contributed by atoms with Gasteiger partial charge in [-0.2, -0.15) is 0 Å². The zero-order valence-corrected chi connectivity index (χ0v) is 18.0. The van der Waals surface area contributed by atoms with Crippen LogP contribution in [0.3, 0.4) is 0 Å². The van der Waals surface area contributed by atoms with Gasteiger partial charge in [0, 0.05) is 17.8 Å². The van der Waals surface area contributed by atoms with Crippen LogP contribution in [0.25, 0.3) is 0 Å². The number of hydrogen-bond donors (Lipinski definition) is 3. The number of hydrogen-bond acceptors (Lipinski definition) is 4. The molecule has 4 nitrogen and oxygen atoms in total. The van der Waals surface area contributed by atoms with Gasteiger partial charge in [0.25, 0.3) is 0 Å². The summed E-state index contributed by atoms with van der Waals surface area (Å²) in [6.07, 6.45) is 6.49. The van der Waals surface area contributed by atoms with E-state index in [1.165, 1.54) is 17.5 Å². The van der Waals surface area contributed by atoms with Gasteiger partial charge in [-0.1, -0.05) is 6.92 Å². The van der Waals surface area contributed by atoms with Crippen LogP contribution in [-0.4, -0.2) is 23.4 Å². The van der Waals surface area contributed by atoms with Crippen LogP contribution in [0.1, 0.15) is 61.6 Å². The van der Waals surface area contributed by atoms with E-state index in [4.69, 9.17) is 4.74 Å². The molecule has 3 aliphatic carbocycles. The number of phenolic OH excluding ortho intramolecular Hbond substituents is 1. The molecule has 2 fully saturated rings. The standard InChI is InChI=1S/C26H33NO3/c1-26-12-11-20-21(23(26)9-10-25(26)29)8-3-16-14-24(28)17(13-22(16)20)15-27-18-4-6-19(30-2)7-5-18/h4-7,13-14,20-21,23,25,27-29H,3,8-12,15H2,1-2H3/t20-,21+,23-,25-,26-/m0/s1. The molecule has 3 aliphatic rings. The highest BCUT2D eigenvalue weighted by atomic mass is 16.5. The first-order valence-corrected chi connectivity index (χ1v) is 11.4. The van der Waals surface area contributed by atoms with Gasteiger partial charge in [0.05, 0.1) is 13.2 Å². The van der Waals surface area contributed by atoms with E-state index >= 15 is 0 Å². The first-order valence-electron chi connectivity index (χ1n) is 11.4. The van der Waals surface area contributed by atoms with E-state index in [2.05, 4.69) is 18.3 Å². The molecular weight excluding hydrogens is 374 g/mol. The number of anilines is 1. The van der Waals surface area contributed by atoms with Crippen molar-refractivity contribution in [3.8, 4) is 11.5 Å². The van der Waals surface area contributed by atoms with Crippen LogP contribution in [0, 0.1) is 17.3 Å². The first kappa shape index (κ1) is 19.7. The summed E-state index contributed by atoms with van der Waals surface area (Å²) in [6, 6.07) is 12.1. The third-order valence-electron chi connectivity index (χ3n) is 8.45. The normalized spacial score (nSPS) is 32.1. The fraction of sp³-hybridized carbons (Fsp3) is 0.538. The van der Waals surface area contributed by atoms with Gasteiger partial charge in [0.2, 0.25) is 0 Å². The zero-order chi connectivity index (χ0) is 20.9. The molecule has 0 heterocycles. The van der Waals surface area contributed by atoms with E-state index in [1.807, 2.05) is 30.3 Å². The van der Waals surface area contributed by atoms with Crippen LogP contribution < -0.4 is 10.1 Å². The summed E-state index contributed by atoms with van der Waals surface area (Å²) >= 11 is 0. The number of fused-ring (bicyclic) bond motifs is 5. The van der Waals surface area contributed by atoms with Gasteiger partial charge in [0.1, 0.15) is 11.5 Å². The Hall–Kier alpha value is -2.20. The number of aliphatic hydroxyl groups is 1. The van der Waals surface area contributed by atoms with Gasteiger partial charge in [-0.15, -0.1) is 0 Å². The van der Waals surface area contributed by atoms with Crippen molar-refractivity contribution in [1.82, 2.24) is 0 Å². The quantitative estimate of drug-likeness (QED) is 0.649. The van der Waals surface area contributed by atoms with Gasteiger partial charge >= 0.3 is 0 Å². The molecule has 2 aromatic rings. The molecule has 5 rings (SSSR count). The molecule has 0 unspecified atom stereocenters. The molecule has 0 aliphatic heterocycles. The minimum Gasteiger partial charge on any atom is -0.508 e. The number of benzene rings is 2. The monoisotopic (exact) mass is 407 g/mol. The number of ether oxygens (including phenoxy) is 1. The van der Waals surface area contributed by atoms with Crippen molar-refractivity contribution in [2.75, 3.05) is 12.4 Å². The van der Waals surface area contributed by atoms with Crippen LogP contribution in [0.4, 0.5) is 5.69 Å². The second-order valence-corrected chi connectivity index (χ2v) is 9.81. The molecule has 0 spiro atoms. The maximum absolute atomic E-state index is 10.7. The number of aromatic hydroxyl groups is 1. The molecule has 0 saturated heterocycles. The Morgan fingerprint density at radius 3 is 2.67 bits per heavy atom. The van der Waals surface area contributed by atoms with Crippen molar-refractivity contribution in [2.45, 2.75) is 64.0 Å². The van der Waals surface area contributed by atoms with Crippen LogP contribution >= 0.6 is 0 Å². The topological polar surface area (TPSA) is 61.7 Å². The average molecular weight is 408 g/mol. The molecule has 5 atom stereocenters. The van der Waals surface area contributed by atoms with Crippen molar-refractivity contribution < 1.29 is 14.9 Å². The maximum Gasteiger partial charge on any atom is 0.120 e. The van der Waals surface area contributed by atoms with Gasteiger partial charge < -0.3 is 20.3 Å². The molecule has 0 bridgehead atoms. The summed E-state index contributed by atoms with van der Waals surface area (Å²) in [7, 11) is 1.67. The smallest absolute Gasteiger partial charge is 0.120 e. The number of rotatable bonds is 4. The first-order chi connectivity index (χ1) is 14.5. The summed E-state index contributed by atoms with van der Waals surface area (Å²) in [6.45, 7) is 2.92. The molecule has 0 radical (unpaired) electrons. The van der Waals surface area contributed by atoms with Crippen LogP contribution in [0.2, 0.25) is 0 Å². The maximum atomic E-state index is 10.7. The van der Waals surface area contributed by atoms with E-state index in [1.54, 1.807) is 7.11 Å². The minimum atomic E-state index is -0.131. The zero-order valence-electron chi connectivity index (χ0n) is 18.0. The van der Waals surface area contributed by atoms with Crippen LogP contribution in [0.5, 0.6) is 11.5 Å². The van der Waals surface area contributed by atoms with Crippen molar-refractivity contribution in [2.24, 2.45) is 17.3 Å². The Balaban J connectivity index is 1.38. The summed E-state index contributed by atoms with van der Waals surface area (Å²) in [4.78, 5) is 0. The highest BCUT2D eigenvalue weighted by Crippen LogP contribution is 2.61. The SMILES string of the molecule is COc1ccc(NCc2cc3c(cc2O)CC[C@@H]2[C@@H]3CC[C@]3(C)[C@@H](O)CC[C@@H]23)cc1. The van der Waals surface area contributed by atoms with Crippen LogP contribution in [0.15, 0.2) is 36.4 Å². The van der Waals surface area contributed by atoms with Crippen molar-refractivity contribution in [3.05, 3.63) is 53.1 Å². The number of methoxy groups -OCH3 is 1. The second kappa shape index (κ2) is 7.49. The van der Waals surface area contributed by atoms with E-state index < -0.39 is 0 Å². The van der Waals surface area contributed by atoms with Crippen molar-refractivity contribution in [3.63, 3.8) is 0 Å². The predicted octanol–water partition coefficient (Wildman–Crippen LogP) is 5.23. The molecule has 2 saturated carbocycles. The Labute approximate surface area is 179 Å². The molecule has 3 N–H and O–H groups in total. The Kier molecular flexibility index (Phi) is 4.93. The average Bonchev–Trinajstić information content (AvgIpc) is 3.07. The largest absolute Gasteiger partial charge is 0.508 e. The van der Waals surface area contributed by atoms with Crippen LogP contribution in [-0.2, 0) is 13.0 Å². The van der Waals surface area contributed by atoms with Gasteiger partial charge in [-0.05, 0) is 109 Å². The number of phenols is 1. The number of nitrogens with one attached hydrogen (secondary N) is 1. The molecular formula is C26H33NO3. The molecule has 160 valence electrons. The molecule has 30 heavy (non-hydrogen) atoms. The highest BCUT2D eigenvalue weighted by Gasteiger charge is 2.54. The lowest BCUT2D eigenvalue weighted by Crippen LogP contribution is -2.43. The minimum absolute atomic E-state index is 0.105.